The van der Waals surface area contributed by atoms with Gasteiger partial charge in [-0.3, -0.25) is 4.98 Å². The van der Waals surface area contributed by atoms with Gasteiger partial charge in [0.15, 0.2) is 0 Å². The first-order chi connectivity index (χ1) is 5.34. The lowest BCUT2D eigenvalue weighted by Crippen LogP contribution is -2.13. The molecule has 0 bridgehead atoms. The molecule has 0 unspecified atom stereocenters. The molecule has 1 aliphatic carbocycles. The van der Waals surface area contributed by atoms with Crippen LogP contribution in [-0.4, -0.2) is 16.0 Å². The topological polar surface area (TPSA) is 57.8 Å². The fourth-order valence-electron chi connectivity index (χ4n) is 0.900. The largest absolute Gasteiger partial charge is 0.369 e. The Balaban J connectivity index is 2.16. The van der Waals surface area contributed by atoms with E-state index in [1.165, 1.54) is 19.0 Å². The Labute approximate surface area is 63.7 Å². The van der Waals surface area contributed by atoms with Crippen LogP contribution in [0.15, 0.2) is 17.1 Å². The minimum atomic E-state index is -0.296. The molecule has 1 aromatic heterocycles. The van der Waals surface area contributed by atoms with Crippen molar-refractivity contribution in [2.75, 3.05) is 5.32 Å². The Kier molecular flexibility index (Phi) is 1.38. The minimum Gasteiger partial charge on any atom is -0.369 e. The van der Waals surface area contributed by atoms with Gasteiger partial charge in [0.25, 0.3) is 0 Å². The second-order valence-electron chi connectivity index (χ2n) is 2.71. The van der Waals surface area contributed by atoms with Crippen LogP contribution in [0.4, 0.5) is 5.82 Å². The summed E-state index contributed by atoms with van der Waals surface area (Å²) in [6, 6.07) is 2.33. The second-order valence-corrected chi connectivity index (χ2v) is 2.71. The Morgan fingerprint density at radius 1 is 1.64 bits per heavy atom. The highest BCUT2D eigenvalue weighted by atomic mass is 16.1. The van der Waals surface area contributed by atoms with E-state index in [-0.39, 0.29) is 5.69 Å². The molecule has 0 atom stereocenters. The van der Waals surface area contributed by atoms with E-state index in [1.54, 1.807) is 6.07 Å². The van der Waals surface area contributed by atoms with Gasteiger partial charge in [-0.15, -0.1) is 0 Å². The average molecular weight is 151 g/mol. The van der Waals surface area contributed by atoms with E-state index < -0.39 is 0 Å². The van der Waals surface area contributed by atoms with Gasteiger partial charge in [0, 0.05) is 12.2 Å². The molecule has 0 aromatic carbocycles. The van der Waals surface area contributed by atoms with E-state index >= 15 is 0 Å². The fraction of sp³-hybridized carbons (Fsp3) is 0.429. The number of rotatable bonds is 2. The van der Waals surface area contributed by atoms with E-state index in [0.29, 0.717) is 6.04 Å². The summed E-state index contributed by atoms with van der Waals surface area (Å²) in [6.07, 6.45) is 3.90. The molecule has 1 heterocycles. The van der Waals surface area contributed by atoms with Gasteiger partial charge in [0.05, 0.1) is 0 Å². The molecule has 11 heavy (non-hydrogen) atoms. The number of H-pyrrole nitrogens is 1. The van der Waals surface area contributed by atoms with Crippen molar-refractivity contribution in [2.45, 2.75) is 18.9 Å². The molecule has 0 radical (unpaired) electrons. The monoisotopic (exact) mass is 151 g/mol. The van der Waals surface area contributed by atoms with Crippen LogP contribution in [0, 0.1) is 0 Å². The zero-order valence-electron chi connectivity index (χ0n) is 6.00. The van der Waals surface area contributed by atoms with Crippen LogP contribution >= 0.6 is 0 Å². The van der Waals surface area contributed by atoms with Crippen LogP contribution in [0.25, 0.3) is 0 Å². The van der Waals surface area contributed by atoms with Crippen molar-refractivity contribution < 1.29 is 0 Å². The van der Waals surface area contributed by atoms with Crippen molar-refractivity contribution in [3.8, 4) is 0 Å². The Morgan fingerprint density at radius 2 is 2.45 bits per heavy atom. The lowest BCUT2D eigenvalue weighted by molar-refractivity contribution is 1.03. The van der Waals surface area contributed by atoms with Gasteiger partial charge >= 0.3 is 5.69 Å². The van der Waals surface area contributed by atoms with E-state index in [0.717, 1.165) is 5.82 Å². The molecule has 4 nitrogen and oxygen atoms in total. The SMILES string of the molecule is O=c1nccc(NC2CC2)[nH]1. The number of hydrogen-bond acceptors (Lipinski definition) is 3. The summed E-state index contributed by atoms with van der Waals surface area (Å²) >= 11 is 0. The molecule has 2 N–H and O–H groups in total. The molecule has 4 heteroatoms. The smallest absolute Gasteiger partial charge is 0.346 e. The molecule has 1 fully saturated rings. The van der Waals surface area contributed by atoms with Gasteiger partial charge in [-0.1, -0.05) is 0 Å². The predicted molar refractivity (Wildman–Crippen MR) is 41.5 cm³/mol. The molecular weight excluding hydrogens is 142 g/mol. The minimum absolute atomic E-state index is 0.296. The summed E-state index contributed by atoms with van der Waals surface area (Å²) in [4.78, 5) is 16.8. The first-order valence-electron chi connectivity index (χ1n) is 3.66. The highest BCUT2D eigenvalue weighted by molar-refractivity contribution is 5.34. The van der Waals surface area contributed by atoms with Crippen LogP contribution in [-0.2, 0) is 0 Å². The Bertz CT molecular complexity index is 303. The molecule has 0 aliphatic heterocycles. The normalized spacial score (nSPS) is 16.4. The molecule has 0 spiro atoms. The van der Waals surface area contributed by atoms with E-state index in [9.17, 15) is 4.79 Å². The quantitative estimate of drug-likeness (QED) is 0.641. The van der Waals surface area contributed by atoms with Gasteiger partial charge < -0.3 is 5.32 Å². The Morgan fingerprint density at radius 3 is 3.09 bits per heavy atom. The van der Waals surface area contributed by atoms with Gasteiger partial charge in [0.1, 0.15) is 5.82 Å². The lowest BCUT2D eigenvalue weighted by atomic mass is 10.5. The van der Waals surface area contributed by atoms with Gasteiger partial charge in [-0.05, 0) is 18.9 Å². The summed E-state index contributed by atoms with van der Waals surface area (Å²) < 4.78 is 0. The summed E-state index contributed by atoms with van der Waals surface area (Å²) in [5.41, 5.74) is -0.296. The summed E-state index contributed by atoms with van der Waals surface area (Å²) in [5, 5.41) is 3.16. The lowest BCUT2D eigenvalue weighted by Gasteiger charge is -2.00. The van der Waals surface area contributed by atoms with Crippen molar-refractivity contribution in [1.82, 2.24) is 9.97 Å². The molecular formula is C7H9N3O. The van der Waals surface area contributed by atoms with Gasteiger partial charge in [0.2, 0.25) is 0 Å². The van der Waals surface area contributed by atoms with Crippen molar-refractivity contribution >= 4 is 5.82 Å². The predicted octanol–water partition coefficient (Wildman–Crippen LogP) is 0.344. The van der Waals surface area contributed by atoms with E-state index in [1.807, 2.05) is 0 Å². The maximum atomic E-state index is 10.7. The summed E-state index contributed by atoms with van der Waals surface area (Å²) in [6.45, 7) is 0. The van der Waals surface area contributed by atoms with Crippen molar-refractivity contribution in [2.24, 2.45) is 0 Å². The number of nitrogens with one attached hydrogen (secondary N) is 2. The van der Waals surface area contributed by atoms with Crippen molar-refractivity contribution in [3.05, 3.63) is 22.7 Å². The molecule has 2 rings (SSSR count). The molecule has 58 valence electrons. The second kappa shape index (κ2) is 2.38. The van der Waals surface area contributed by atoms with Crippen LogP contribution in [0.2, 0.25) is 0 Å². The number of aromatic amines is 1. The van der Waals surface area contributed by atoms with Crippen molar-refractivity contribution in [1.29, 1.82) is 0 Å². The highest BCUT2D eigenvalue weighted by Gasteiger charge is 2.20. The van der Waals surface area contributed by atoms with E-state index in [2.05, 4.69) is 15.3 Å². The third-order valence-corrected chi connectivity index (χ3v) is 1.61. The fourth-order valence-corrected chi connectivity index (χ4v) is 0.900. The van der Waals surface area contributed by atoms with Crippen LogP contribution in [0.5, 0.6) is 0 Å². The standard InChI is InChI=1S/C7H9N3O/c11-7-8-4-3-6(10-7)9-5-1-2-5/h3-5H,1-2H2,(H2,8,9,10,11). The maximum Gasteiger partial charge on any atom is 0.346 e. The highest BCUT2D eigenvalue weighted by Crippen LogP contribution is 2.22. The van der Waals surface area contributed by atoms with Gasteiger partial charge in [-0.2, -0.15) is 0 Å². The first kappa shape index (κ1) is 6.39. The maximum absolute atomic E-state index is 10.7. The first-order valence-corrected chi connectivity index (χ1v) is 3.66. The number of nitrogens with zero attached hydrogens (tertiary/aromatic N) is 1. The molecule has 0 amide bonds. The average Bonchev–Trinajstić information content (AvgIpc) is 2.71. The third kappa shape index (κ3) is 1.58. The molecule has 1 aliphatic rings. The zero-order valence-corrected chi connectivity index (χ0v) is 6.00. The van der Waals surface area contributed by atoms with Gasteiger partial charge in [-0.25, -0.2) is 9.78 Å². The molecule has 1 aromatic rings. The zero-order chi connectivity index (χ0) is 7.68. The number of hydrogen-bond donors (Lipinski definition) is 2. The van der Waals surface area contributed by atoms with Crippen LogP contribution in [0.3, 0.4) is 0 Å². The number of aromatic nitrogens is 2. The number of anilines is 1. The third-order valence-electron chi connectivity index (χ3n) is 1.61. The molecule has 0 saturated heterocycles. The molecule has 1 saturated carbocycles. The van der Waals surface area contributed by atoms with Crippen molar-refractivity contribution in [3.63, 3.8) is 0 Å². The van der Waals surface area contributed by atoms with Crippen LogP contribution in [0.1, 0.15) is 12.8 Å². The Hall–Kier alpha value is -1.32. The summed E-state index contributed by atoms with van der Waals surface area (Å²) in [7, 11) is 0. The van der Waals surface area contributed by atoms with Crippen LogP contribution < -0.4 is 11.0 Å². The van der Waals surface area contributed by atoms with E-state index in [4.69, 9.17) is 0 Å². The summed E-state index contributed by atoms with van der Waals surface area (Å²) in [5.74, 6) is 0.771.